The summed E-state index contributed by atoms with van der Waals surface area (Å²) >= 11 is 0. The number of pyridine rings is 1. The highest BCUT2D eigenvalue weighted by molar-refractivity contribution is 6.00. The molecule has 1 aliphatic heterocycles. The highest BCUT2D eigenvalue weighted by atomic mass is 16.5. The molecule has 2 aliphatic rings. The third kappa shape index (κ3) is 3.55. The zero-order chi connectivity index (χ0) is 26.0. The number of carbonyl (C=O) groups excluding carboxylic acids is 1. The number of ether oxygens (including phenoxy) is 2. The molecule has 0 N–H and O–H groups in total. The molecule has 0 fully saturated rings. The second kappa shape index (κ2) is 8.21. The highest BCUT2D eigenvalue weighted by Crippen LogP contribution is 2.50. The normalized spacial score (nSPS) is 18.3. The number of benzene rings is 2. The molecule has 2 aromatic carbocycles. The van der Waals surface area contributed by atoms with Gasteiger partial charge in [-0.3, -0.25) is 4.79 Å². The first-order valence-electron chi connectivity index (χ1n) is 12.6. The second-order valence-corrected chi connectivity index (χ2v) is 10.6. The van der Waals surface area contributed by atoms with Gasteiger partial charge in [-0.25, -0.2) is 19.5 Å². The molecule has 7 rings (SSSR count). The molecule has 188 valence electrons. The molecule has 1 aliphatic carbocycles. The van der Waals surface area contributed by atoms with Crippen LogP contribution < -0.4 is 9.47 Å². The number of hydrogen-bond donors (Lipinski definition) is 0. The number of hydrogen-bond acceptors (Lipinski definition) is 7. The van der Waals surface area contributed by atoms with Crippen molar-refractivity contribution in [2.45, 2.75) is 32.6 Å². The van der Waals surface area contributed by atoms with Crippen molar-refractivity contribution < 1.29 is 14.3 Å². The molecule has 1 unspecified atom stereocenters. The minimum absolute atomic E-state index is 0.0839. The predicted molar refractivity (Wildman–Crippen MR) is 142 cm³/mol. The number of rotatable bonds is 3. The average molecular weight is 504 g/mol. The van der Waals surface area contributed by atoms with Gasteiger partial charge in [0.05, 0.1) is 18.2 Å². The molecular formula is C30H25N5O3. The molecule has 4 heterocycles. The number of aromatic nitrogens is 5. The van der Waals surface area contributed by atoms with E-state index in [1.165, 1.54) is 0 Å². The average Bonchev–Trinajstić information content (AvgIpc) is 3.36. The van der Waals surface area contributed by atoms with E-state index in [0.29, 0.717) is 47.2 Å². The number of Topliss-reactive ketones (excluding diaryl/α,β-unsaturated/α-hetero) is 1. The van der Waals surface area contributed by atoms with Crippen molar-refractivity contribution in [1.82, 2.24) is 24.6 Å². The Hall–Kier alpha value is -4.59. The van der Waals surface area contributed by atoms with Gasteiger partial charge in [-0.05, 0) is 35.2 Å². The Morgan fingerprint density at radius 1 is 1.00 bits per heavy atom. The molecule has 0 amide bonds. The summed E-state index contributed by atoms with van der Waals surface area (Å²) in [4.78, 5) is 27.9. The molecular weight excluding hydrogens is 478 g/mol. The zero-order valence-corrected chi connectivity index (χ0v) is 21.3. The molecule has 8 heteroatoms. The van der Waals surface area contributed by atoms with Crippen molar-refractivity contribution in [2.24, 2.45) is 5.41 Å². The largest absolute Gasteiger partial charge is 0.497 e. The Morgan fingerprint density at radius 2 is 1.82 bits per heavy atom. The molecule has 0 saturated heterocycles. The molecule has 38 heavy (non-hydrogen) atoms. The van der Waals surface area contributed by atoms with Gasteiger partial charge >= 0.3 is 0 Å². The Bertz CT molecular complexity index is 1790. The fraction of sp³-hybridized carbons (Fsp3) is 0.233. The van der Waals surface area contributed by atoms with E-state index in [1.54, 1.807) is 18.0 Å². The predicted octanol–water partition coefficient (Wildman–Crippen LogP) is 5.52. The van der Waals surface area contributed by atoms with E-state index in [2.05, 4.69) is 18.8 Å². The van der Waals surface area contributed by atoms with Crippen LogP contribution in [0.3, 0.4) is 0 Å². The van der Waals surface area contributed by atoms with Crippen LogP contribution in [0, 0.1) is 5.41 Å². The Balaban J connectivity index is 1.44. The van der Waals surface area contributed by atoms with Crippen LogP contribution in [0.4, 0.5) is 0 Å². The van der Waals surface area contributed by atoms with Gasteiger partial charge in [-0.2, -0.15) is 0 Å². The summed E-state index contributed by atoms with van der Waals surface area (Å²) in [5, 5.41) is 5.75. The molecule has 0 spiro atoms. The molecule has 0 saturated carbocycles. The number of para-hydroxylation sites is 1. The van der Waals surface area contributed by atoms with E-state index in [4.69, 9.17) is 24.5 Å². The van der Waals surface area contributed by atoms with Crippen LogP contribution in [0.1, 0.15) is 43.7 Å². The second-order valence-electron chi connectivity index (χ2n) is 10.6. The minimum atomic E-state index is -0.388. The first kappa shape index (κ1) is 22.6. The lowest BCUT2D eigenvalue weighted by atomic mass is 9.70. The van der Waals surface area contributed by atoms with Crippen molar-refractivity contribution in [3.05, 3.63) is 89.5 Å². The third-order valence-corrected chi connectivity index (χ3v) is 7.34. The van der Waals surface area contributed by atoms with Crippen LogP contribution in [0.25, 0.3) is 28.1 Å². The van der Waals surface area contributed by atoms with Crippen LogP contribution >= 0.6 is 0 Å². The molecule has 5 aromatic rings. The number of ketones is 1. The van der Waals surface area contributed by atoms with Gasteiger partial charge in [0.2, 0.25) is 11.7 Å². The van der Waals surface area contributed by atoms with Crippen LogP contribution in [0.15, 0.2) is 78.3 Å². The number of methoxy groups -OCH3 is 1. The molecule has 8 nitrogen and oxygen atoms in total. The van der Waals surface area contributed by atoms with Crippen LogP contribution in [-0.4, -0.2) is 37.5 Å². The Morgan fingerprint density at radius 3 is 2.63 bits per heavy atom. The van der Waals surface area contributed by atoms with Gasteiger partial charge in [-0.15, -0.1) is 5.10 Å². The van der Waals surface area contributed by atoms with E-state index in [9.17, 15) is 4.79 Å². The number of carbonyl (C=O) groups is 1. The smallest absolute Gasteiger partial charge is 0.228 e. The molecule has 0 radical (unpaired) electrons. The summed E-state index contributed by atoms with van der Waals surface area (Å²) in [5.74, 6) is 2.06. The lowest BCUT2D eigenvalue weighted by Crippen LogP contribution is -2.33. The lowest BCUT2D eigenvalue weighted by molar-refractivity contribution is -0.118. The summed E-state index contributed by atoms with van der Waals surface area (Å²) in [6.07, 6.45) is 2.72. The van der Waals surface area contributed by atoms with Gasteiger partial charge in [-0.1, -0.05) is 50.2 Å². The third-order valence-electron chi connectivity index (χ3n) is 7.34. The van der Waals surface area contributed by atoms with Crippen molar-refractivity contribution in [3.63, 3.8) is 0 Å². The van der Waals surface area contributed by atoms with Crippen LogP contribution in [0.5, 0.6) is 11.6 Å². The van der Waals surface area contributed by atoms with Gasteiger partial charge in [0.25, 0.3) is 0 Å². The van der Waals surface area contributed by atoms with Gasteiger partial charge in [0.1, 0.15) is 23.5 Å². The van der Waals surface area contributed by atoms with Gasteiger partial charge in [0.15, 0.2) is 11.4 Å². The number of fused-ring (bicyclic) bond motifs is 4. The fourth-order valence-corrected chi connectivity index (χ4v) is 5.57. The summed E-state index contributed by atoms with van der Waals surface area (Å²) < 4.78 is 13.4. The van der Waals surface area contributed by atoms with Crippen LogP contribution in [0.2, 0.25) is 0 Å². The number of allylic oxidation sites excluding steroid dienone is 2. The van der Waals surface area contributed by atoms with Crippen molar-refractivity contribution in [3.8, 4) is 23.1 Å². The van der Waals surface area contributed by atoms with E-state index in [1.807, 2.05) is 60.7 Å². The lowest BCUT2D eigenvalue weighted by Gasteiger charge is -2.37. The monoisotopic (exact) mass is 503 g/mol. The zero-order valence-electron chi connectivity index (χ0n) is 21.3. The summed E-state index contributed by atoms with van der Waals surface area (Å²) in [6, 6.07) is 19.7. The van der Waals surface area contributed by atoms with Crippen LogP contribution in [-0.2, 0) is 4.79 Å². The topological polar surface area (TPSA) is 91.5 Å². The number of nitrogens with zero attached hydrogens (tertiary/aromatic N) is 5. The first-order valence-corrected chi connectivity index (χ1v) is 12.6. The van der Waals surface area contributed by atoms with Crippen molar-refractivity contribution >= 4 is 22.3 Å². The maximum Gasteiger partial charge on any atom is 0.228 e. The minimum Gasteiger partial charge on any atom is -0.497 e. The summed E-state index contributed by atoms with van der Waals surface area (Å²) in [5.41, 5.74) is 4.27. The standard InChI is InChI=1S/C30H25N5O3/c1-30(2)14-22(36)25-23(15-30)38-29-26(24(25)18-8-11-19(37-3)12-9-18)28-33-27(34-35(28)16-31-29)21-13-10-17-6-4-5-7-20(17)32-21/h4-13,16,24H,14-15H2,1-3H3. The fourth-order valence-electron chi connectivity index (χ4n) is 5.57. The SMILES string of the molecule is COc1ccc(C2C3=C(CC(C)(C)CC3=O)Oc3ncn4nc(-c5ccc6ccccc6n5)nc4c32)cc1. The van der Waals surface area contributed by atoms with Gasteiger partial charge < -0.3 is 9.47 Å². The van der Waals surface area contributed by atoms with E-state index in [-0.39, 0.29) is 17.1 Å². The molecule has 0 bridgehead atoms. The van der Waals surface area contributed by atoms with E-state index < -0.39 is 0 Å². The molecule has 3 aromatic heterocycles. The van der Waals surface area contributed by atoms with Crippen molar-refractivity contribution in [1.29, 1.82) is 0 Å². The Kier molecular flexibility index (Phi) is 4.88. The summed E-state index contributed by atoms with van der Waals surface area (Å²) in [7, 11) is 1.64. The Labute approximate surface area is 219 Å². The summed E-state index contributed by atoms with van der Waals surface area (Å²) in [6.45, 7) is 4.18. The molecule has 1 atom stereocenters. The van der Waals surface area contributed by atoms with Gasteiger partial charge in [0, 0.05) is 29.7 Å². The maximum atomic E-state index is 13.6. The van der Waals surface area contributed by atoms with E-state index in [0.717, 1.165) is 27.8 Å². The highest BCUT2D eigenvalue weighted by Gasteiger charge is 2.44. The van der Waals surface area contributed by atoms with Crippen molar-refractivity contribution in [2.75, 3.05) is 7.11 Å². The quantitative estimate of drug-likeness (QED) is 0.320. The maximum absolute atomic E-state index is 13.6. The van der Waals surface area contributed by atoms with E-state index >= 15 is 0 Å². The first-order chi connectivity index (χ1) is 18.4.